The largest absolute Gasteiger partial charge is 0.422 e. The lowest BCUT2D eigenvalue weighted by atomic mass is 10.1. The second-order valence-corrected chi connectivity index (χ2v) is 7.27. The molecular formula is C18H11ClN2O2S2. The molecule has 0 aliphatic carbocycles. The summed E-state index contributed by atoms with van der Waals surface area (Å²) in [7, 11) is 0. The lowest BCUT2D eigenvalue weighted by molar-refractivity contribution is 0.563. The Hall–Kier alpha value is -2.41. The van der Waals surface area contributed by atoms with Crippen LogP contribution in [0, 0.1) is 3.95 Å². The van der Waals surface area contributed by atoms with Gasteiger partial charge in [-0.25, -0.2) is 9.47 Å². The fourth-order valence-corrected chi connectivity index (χ4v) is 3.68. The van der Waals surface area contributed by atoms with Crippen molar-refractivity contribution in [3.63, 3.8) is 0 Å². The normalized spacial score (nSPS) is 10.9. The van der Waals surface area contributed by atoms with E-state index in [1.807, 2.05) is 35.7 Å². The molecule has 0 atom stereocenters. The molecule has 2 heterocycles. The highest BCUT2D eigenvalue weighted by atomic mass is 35.5. The van der Waals surface area contributed by atoms with E-state index in [2.05, 4.69) is 5.43 Å². The van der Waals surface area contributed by atoms with Crippen molar-refractivity contribution in [1.29, 1.82) is 0 Å². The highest BCUT2D eigenvalue weighted by molar-refractivity contribution is 7.73. The summed E-state index contributed by atoms with van der Waals surface area (Å²) in [4.78, 5) is 12.5. The maximum atomic E-state index is 12.5. The Morgan fingerprint density at radius 1 is 1.12 bits per heavy atom. The van der Waals surface area contributed by atoms with Gasteiger partial charge in [-0.1, -0.05) is 29.8 Å². The summed E-state index contributed by atoms with van der Waals surface area (Å²) < 4.78 is 7.74. The van der Waals surface area contributed by atoms with Crippen molar-refractivity contribution in [2.45, 2.75) is 0 Å². The number of nitrogens with one attached hydrogen (secondary N) is 1. The number of aromatic nitrogens is 1. The van der Waals surface area contributed by atoms with Crippen LogP contribution < -0.4 is 11.1 Å². The first-order valence-electron chi connectivity index (χ1n) is 7.38. The molecule has 0 spiro atoms. The quantitative estimate of drug-likeness (QED) is 0.368. The monoisotopic (exact) mass is 386 g/mol. The van der Waals surface area contributed by atoms with Crippen molar-refractivity contribution in [2.24, 2.45) is 0 Å². The minimum absolute atomic E-state index is 0.422. The van der Waals surface area contributed by atoms with Gasteiger partial charge >= 0.3 is 5.63 Å². The number of hydrogen-bond acceptors (Lipinski definition) is 5. The SMILES string of the molecule is O=c1oc2ccc(Cl)cc2cc1-c1csc(=S)n1Nc1ccccc1. The van der Waals surface area contributed by atoms with Gasteiger partial charge in [-0.05, 0) is 48.6 Å². The number of hydrogen-bond donors (Lipinski definition) is 1. The number of rotatable bonds is 3. The van der Waals surface area contributed by atoms with Gasteiger partial charge in [0.2, 0.25) is 0 Å². The van der Waals surface area contributed by atoms with Gasteiger partial charge < -0.3 is 4.42 Å². The first kappa shape index (κ1) is 16.1. The van der Waals surface area contributed by atoms with Gasteiger partial charge in [-0.15, -0.1) is 11.3 Å². The van der Waals surface area contributed by atoms with Gasteiger partial charge in [-0.2, -0.15) is 0 Å². The summed E-state index contributed by atoms with van der Waals surface area (Å²) in [6.07, 6.45) is 0. The van der Waals surface area contributed by atoms with E-state index in [4.69, 9.17) is 28.2 Å². The predicted molar refractivity (Wildman–Crippen MR) is 105 cm³/mol. The smallest absolute Gasteiger partial charge is 0.345 e. The molecule has 1 N–H and O–H groups in total. The van der Waals surface area contributed by atoms with Crippen LogP contribution in [0.15, 0.2) is 69.2 Å². The van der Waals surface area contributed by atoms with Crippen LogP contribution in [0.5, 0.6) is 0 Å². The molecule has 0 fully saturated rings. The van der Waals surface area contributed by atoms with Crippen molar-refractivity contribution < 1.29 is 4.42 Å². The Kier molecular flexibility index (Phi) is 4.17. The van der Waals surface area contributed by atoms with Gasteiger partial charge in [0.25, 0.3) is 0 Å². The number of halogens is 1. The highest BCUT2D eigenvalue weighted by Gasteiger charge is 2.14. The van der Waals surface area contributed by atoms with E-state index in [9.17, 15) is 4.79 Å². The van der Waals surface area contributed by atoms with Crippen LogP contribution in [0.25, 0.3) is 22.2 Å². The topological polar surface area (TPSA) is 47.2 Å². The molecular weight excluding hydrogens is 376 g/mol. The summed E-state index contributed by atoms with van der Waals surface area (Å²) in [6.45, 7) is 0. The molecule has 4 rings (SSSR count). The Labute approximate surface area is 156 Å². The van der Waals surface area contributed by atoms with Crippen molar-refractivity contribution in [3.05, 3.63) is 79.4 Å². The average Bonchev–Trinajstić information content (AvgIpc) is 2.96. The third-order valence-corrected chi connectivity index (χ3v) is 5.11. The fraction of sp³-hybridized carbons (Fsp3) is 0. The van der Waals surface area contributed by atoms with E-state index >= 15 is 0 Å². The Morgan fingerprint density at radius 3 is 2.72 bits per heavy atom. The maximum absolute atomic E-state index is 12.5. The highest BCUT2D eigenvalue weighted by Crippen LogP contribution is 2.26. The second-order valence-electron chi connectivity index (χ2n) is 5.33. The minimum Gasteiger partial charge on any atom is -0.422 e. The summed E-state index contributed by atoms with van der Waals surface area (Å²) in [5.74, 6) is 0. The van der Waals surface area contributed by atoms with E-state index < -0.39 is 5.63 Å². The van der Waals surface area contributed by atoms with Crippen molar-refractivity contribution >= 4 is 51.8 Å². The number of benzene rings is 2. The number of nitrogens with zero attached hydrogens (tertiary/aromatic N) is 1. The van der Waals surface area contributed by atoms with Gasteiger partial charge in [0.05, 0.1) is 16.9 Å². The third-order valence-electron chi connectivity index (χ3n) is 3.68. The molecule has 0 radical (unpaired) electrons. The summed E-state index contributed by atoms with van der Waals surface area (Å²) in [5.41, 5.74) is 5.23. The van der Waals surface area contributed by atoms with Crippen LogP contribution in [0.3, 0.4) is 0 Å². The van der Waals surface area contributed by atoms with Gasteiger partial charge in [-0.3, -0.25) is 5.43 Å². The van der Waals surface area contributed by atoms with E-state index in [1.165, 1.54) is 11.3 Å². The zero-order valence-corrected chi connectivity index (χ0v) is 15.1. The van der Waals surface area contributed by atoms with E-state index in [-0.39, 0.29) is 0 Å². The molecule has 0 bridgehead atoms. The molecule has 0 aliphatic heterocycles. The molecule has 2 aromatic carbocycles. The van der Waals surface area contributed by atoms with E-state index in [0.717, 1.165) is 11.1 Å². The van der Waals surface area contributed by atoms with Crippen LogP contribution in [0.4, 0.5) is 5.69 Å². The number of fused-ring (bicyclic) bond motifs is 1. The van der Waals surface area contributed by atoms with Crippen LogP contribution in [0.1, 0.15) is 0 Å². The van der Waals surface area contributed by atoms with Crippen LogP contribution in [0.2, 0.25) is 5.02 Å². The zero-order valence-electron chi connectivity index (χ0n) is 12.7. The molecule has 124 valence electrons. The number of thiazole rings is 1. The maximum Gasteiger partial charge on any atom is 0.345 e. The van der Waals surface area contributed by atoms with Crippen LogP contribution in [-0.4, -0.2) is 4.68 Å². The van der Waals surface area contributed by atoms with Gasteiger partial charge in [0.1, 0.15) is 5.58 Å². The summed E-state index contributed by atoms with van der Waals surface area (Å²) in [6, 6.07) is 16.5. The first-order chi connectivity index (χ1) is 12.1. The van der Waals surface area contributed by atoms with Crippen molar-refractivity contribution in [3.8, 4) is 11.3 Å². The lowest BCUT2D eigenvalue weighted by Crippen LogP contribution is -2.13. The van der Waals surface area contributed by atoms with Crippen LogP contribution in [-0.2, 0) is 0 Å². The Balaban J connectivity index is 1.88. The molecule has 0 unspecified atom stereocenters. The molecule has 25 heavy (non-hydrogen) atoms. The summed E-state index contributed by atoms with van der Waals surface area (Å²) >= 11 is 12.8. The molecule has 2 aromatic heterocycles. The molecule has 0 amide bonds. The second kappa shape index (κ2) is 6.48. The molecule has 7 heteroatoms. The predicted octanol–water partition coefficient (Wildman–Crippen LogP) is 5.58. The van der Waals surface area contributed by atoms with Gasteiger partial charge in [0.15, 0.2) is 3.95 Å². The van der Waals surface area contributed by atoms with Gasteiger partial charge in [0, 0.05) is 15.8 Å². The van der Waals surface area contributed by atoms with E-state index in [0.29, 0.717) is 25.8 Å². The minimum atomic E-state index is -0.425. The van der Waals surface area contributed by atoms with Crippen LogP contribution >= 0.6 is 35.2 Å². The average molecular weight is 387 g/mol. The Bertz CT molecular complexity index is 1180. The van der Waals surface area contributed by atoms with Crippen molar-refractivity contribution in [1.82, 2.24) is 4.68 Å². The van der Waals surface area contributed by atoms with Crippen molar-refractivity contribution in [2.75, 3.05) is 5.43 Å². The fourth-order valence-electron chi connectivity index (χ4n) is 2.51. The first-order valence-corrected chi connectivity index (χ1v) is 9.05. The molecule has 0 saturated carbocycles. The third kappa shape index (κ3) is 3.11. The molecule has 4 aromatic rings. The Morgan fingerprint density at radius 2 is 1.92 bits per heavy atom. The molecule has 0 saturated heterocycles. The molecule has 0 aliphatic rings. The number of anilines is 1. The summed E-state index contributed by atoms with van der Waals surface area (Å²) in [5, 5.41) is 3.17. The lowest BCUT2D eigenvalue weighted by Gasteiger charge is -2.11. The standard InChI is InChI=1S/C18H11ClN2O2S2/c19-12-6-7-16-11(8-12)9-14(17(22)23-16)15-10-25-18(24)21(15)20-13-4-2-1-3-5-13/h1-10,20H. The zero-order chi connectivity index (χ0) is 17.4. The van der Waals surface area contributed by atoms with E-state index in [1.54, 1.807) is 28.9 Å². The number of para-hydroxylation sites is 1. The molecule has 4 nitrogen and oxygen atoms in total.